The normalized spacial score (nSPS) is 11.5. The molecule has 142 valence electrons. The van der Waals surface area contributed by atoms with E-state index in [0.29, 0.717) is 0 Å². The highest BCUT2D eigenvalue weighted by molar-refractivity contribution is 7.99. The summed E-state index contributed by atoms with van der Waals surface area (Å²) in [5.74, 6) is 0.983. The van der Waals surface area contributed by atoms with E-state index >= 15 is 0 Å². The van der Waals surface area contributed by atoms with Crippen molar-refractivity contribution in [3.63, 3.8) is 0 Å². The molecular formula is C27H18N2S. The molecule has 0 bridgehead atoms. The summed E-state index contributed by atoms with van der Waals surface area (Å²) < 4.78 is 2.31. The highest BCUT2D eigenvalue weighted by atomic mass is 32.2. The SMILES string of the molecule is c1ccc(Sc2nc(-c3cccc4ccccc34)n3c2ccc2ccccc23)cc1. The Balaban J connectivity index is 1.69. The third-order valence-electron chi connectivity index (χ3n) is 5.47. The molecule has 0 saturated carbocycles. The van der Waals surface area contributed by atoms with Gasteiger partial charge >= 0.3 is 0 Å². The third kappa shape index (κ3) is 2.78. The number of nitrogens with zero attached hydrogens (tertiary/aromatic N) is 2. The Hall–Kier alpha value is -3.56. The number of hydrogen-bond donors (Lipinski definition) is 0. The Morgan fingerprint density at radius 2 is 1.30 bits per heavy atom. The lowest BCUT2D eigenvalue weighted by atomic mass is 10.0. The van der Waals surface area contributed by atoms with E-state index in [1.807, 2.05) is 6.07 Å². The first kappa shape index (κ1) is 17.3. The van der Waals surface area contributed by atoms with Crippen LogP contribution in [0.3, 0.4) is 0 Å². The largest absolute Gasteiger partial charge is 0.291 e. The average Bonchev–Trinajstić information content (AvgIpc) is 3.18. The Morgan fingerprint density at radius 1 is 0.567 bits per heavy atom. The number of benzene rings is 4. The molecular weight excluding hydrogens is 384 g/mol. The molecule has 0 atom stereocenters. The minimum Gasteiger partial charge on any atom is -0.291 e. The molecule has 0 unspecified atom stereocenters. The zero-order valence-corrected chi connectivity index (χ0v) is 17.0. The van der Waals surface area contributed by atoms with Crippen molar-refractivity contribution < 1.29 is 0 Å². The highest BCUT2D eigenvalue weighted by Crippen LogP contribution is 2.37. The first-order valence-electron chi connectivity index (χ1n) is 10.00. The van der Waals surface area contributed by atoms with Gasteiger partial charge in [-0.15, -0.1) is 0 Å². The van der Waals surface area contributed by atoms with E-state index in [0.717, 1.165) is 21.9 Å². The van der Waals surface area contributed by atoms with Crippen molar-refractivity contribution >= 4 is 39.0 Å². The van der Waals surface area contributed by atoms with Gasteiger partial charge in [-0.3, -0.25) is 4.40 Å². The third-order valence-corrected chi connectivity index (χ3v) is 6.47. The monoisotopic (exact) mass is 402 g/mol. The van der Waals surface area contributed by atoms with Crippen molar-refractivity contribution in [1.82, 2.24) is 9.38 Å². The second kappa shape index (κ2) is 7.05. The van der Waals surface area contributed by atoms with Crippen molar-refractivity contribution in [3.8, 4) is 11.4 Å². The van der Waals surface area contributed by atoms with Crippen molar-refractivity contribution in [2.75, 3.05) is 0 Å². The maximum atomic E-state index is 5.18. The van der Waals surface area contributed by atoms with Crippen LogP contribution in [0.2, 0.25) is 0 Å². The zero-order valence-electron chi connectivity index (χ0n) is 16.2. The van der Waals surface area contributed by atoms with Gasteiger partial charge in [0.25, 0.3) is 0 Å². The maximum absolute atomic E-state index is 5.18. The predicted molar refractivity (Wildman–Crippen MR) is 126 cm³/mol. The quantitative estimate of drug-likeness (QED) is 0.306. The van der Waals surface area contributed by atoms with E-state index < -0.39 is 0 Å². The van der Waals surface area contributed by atoms with Gasteiger partial charge in [0.15, 0.2) is 0 Å². The smallest absolute Gasteiger partial charge is 0.147 e. The Bertz CT molecular complexity index is 1510. The van der Waals surface area contributed by atoms with E-state index in [1.165, 1.54) is 26.6 Å². The summed E-state index contributed by atoms with van der Waals surface area (Å²) in [6.07, 6.45) is 0. The van der Waals surface area contributed by atoms with Crippen LogP contribution in [0.4, 0.5) is 0 Å². The zero-order chi connectivity index (χ0) is 19.9. The second-order valence-corrected chi connectivity index (χ2v) is 8.36. The number of imidazole rings is 1. The first-order chi connectivity index (χ1) is 14.9. The Kier molecular flexibility index (Phi) is 4.07. The van der Waals surface area contributed by atoms with E-state index in [-0.39, 0.29) is 0 Å². The fraction of sp³-hybridized carbons (Fsp3) is 0. The summed E-state index contributed by atoms with van der Waals surface area (Å²) in [4.78, 5) is 6.37. The molecule has 4 aromatic carbocycles. The van der Waals surface area contributed by atoms with Crippen molar-refractivity contribution in [1.29, 1.82) is 0 Å². The number of para-hydroxylation sites is 1. The Morgan fingerprint density at radius 3 is 2.20 bits per heavy atom. The minimum atomic E-state index is 0.983. The number of rotatable bonds is 3. The van der Waals surface area contributed by atoms with Crippen molar-refractivity contribution in [2.24, 2.45) is 0 Å². The fourth-order valence-electron chi connectivity index (χ4n) is 4.08. The topological polar surface area (TPSA) is 17.3 Å². The lowest BCUT2D eigenvalue weighted by Crippen LogP contribution is -1.92. The van der Waals surface area contributed by atoms with Crippen LogP contribution in [0, 0.1) is 0 Å². The summed E-state index contributed by atoms with van der Waals surface area (Å²) in [5, 5.41) is 4.68. The van der Waals surface area contributed by atoms with E-state index in [1.54, 1.807) is 11.8 Å². The molecule has 0 aliphatic rings. The van der Waals surface area contributed by atoms with Crippen molar-refractivity contribution in [3.05, 3.63) is 109 Å². The van der Waals surface area contributed by atoms with Crippen LogP contribution in [0.5, 0.6) is 0 Å². The molecule has 6 rings (SSSR count). The summed E-state index contributed by atoms with van der Waals surface area (Å²) >= 11 is 1.71. The fourth-order valence-corrected chi connectivity index (χ4v) is 4.99. The first-order valence-corrected chi connectivity index (χ1v) is 10.8. The molecule has 0 amide bonds. The number of fused-ring (bicyclic) bond motifs is 4. The van der Waals surface area contributed by atoms with Gasteiger partial charge in [-0.2, -0.15) is 0 Å². The molecule has 0 aliphatic carbocycles. The molecule has 0 aliphatic heterocycles. The number of pyridine rings is 1. The molecule has 2 aromatic heterocycles. The number of hydrogen-bond acceptors (Lipinski definition) is 2. The standard InChI is InChI=1S/C27H18N2S/c1-2-12-21(13-3-1)30-27-25-18-17-20-10-5-7-16-24(20)29(25)26(28-27)23-15-8-11-19-9-4-6-14-22(19)23/h1-18H. The molecule has 3 heteroatoms. The van der Waals surface area contributed by atoms with Crippen LogP contribution < -0.4 is 0 Å². The second-order valence-electron chi connectivity index (χ2n) is 7.30. The van der Waals surface area contributed by atoms with Gasteiger partial charge in [0, 0.05) is 10.5 Å². The summed E-state index contributed by atoms with van der Waals surface area (Å²) in [6.45, 7) is 0. The highest BCUT2D eigenvalue weighted by Gasteiger charge is 2.17. The summed E-state index contributed by atoms with van der Waals surface area (Å²) in [6, 6.07) is 38.3. The lowest BCUT2D eigenvalue weighted by molar-refractivity contribution is 1.19. The molecule has 0 spiro atoms. The van der Waals surface area contributed by atoms with Gasteiger partial charge in [0.05, 0.1) is 11.0 Å². The van der Waals surface area contributed by atoms with E-state index in [2.05, 4.69) is 108 Å². The van der Waals surface area contributed by atoms with Gasteiger partial charge in [-0.1, -0.05) is 96.7 Å². The average molecular weight is 403 g/mol. The van der Waals surface area contributed by atoms with Crippen LogP contribution in [0.1, 0.15) is 0 Å². The maximum Gasteiger partial charge on any atom is 0.147 e. The molecule has 0 saturated heterocycles. The number of aromatic nitrogens is 2. The minimum absolute atomic E-state index is 0.983. The molecule has 6 aromatic rings. The molecule has 0 N–H and O–H groups in total. The molecule has 0 fully saturated rings. The van der Waals surface area contributed by atoms with Gasteiger partial charge < -0.3 is 0 Å². The van der Waals surface area contributed by atoms with Crippen LogP contribution in [-0.4, -0.2) is 9.38 Å². The summed E-state index contributed by atoms with van der Waals surface area (Å²) in [5.41, 5.74) is 3.45. The van der Waals surface area contributed by atoms with Crippen LogP contribution in [0.25, 0.3) is 38.6 Å². The summed E-state index contributed by atoms with van der Waals surface area (Å²) in [7, 11) is 0. The van der Waals surface area contributed by atoms with Gasteiger partial charge in [0.1, 0.15) is 10.9 Å². The Labute approximate surface area is 178 Å². The molecule has 2 heterocycles. The molecule has 2 nitrogen and oxygen atoms in total. The van der Waals surface area contributed by atoms with Crippen molar-refractivity contribution in [2.45, 2.75) is 9.92 Å². The van der Waals surface area contributed by atoms with Gasteiger partial charge in [-0.05, 0) is 40.4 Å². The van der Waals surface area contributed by atoms with Crippen LogP contribution in [0.15, 0.2) is 119 Å². The van der Waals surface area contributed by atoms with Crippen LogP contribution in [-0.2, 0) is 0 Å². The van der Waals surface area contributed by atoms with Gasteiger partial charge in [-0.25, -0.2) is 4.98 Å². The molecule has 0 radical (unpaired) electrons. The van der Waals surface area contributed by atoms with Gasteiger partial charge in [0.2, 0.25) is 0 Å². The van der Waals surface area contributed by atoms with E-state index in [4.69, 9.17) is 4.98 Å². The lowest BCUT2D eigenvalue weighted by Gasteiger charge is -2.09. The van der Waals surface area contributed by atoms with Crippen LogP contribution >= 0.6 is 11.8 Å². The predicted octanol–water partition coefficient (Wildman–Crippen LogP) is 7.46. The van der Waals surface area contributed by atoms with E-state index in [9.17, 15) is 0 Å². The molecule has 30 heavy (non-hydrogen) atoms.